The summed E-state index contributed by atoms with van der Waals surface area (Å²) in [6, 6.07) is 74.1. The molecule has 1 aliphatic rings. The molecule has 0 fully saturated rings. The first kappa shape index (κ1) is 34.2. The van der Waals surface area contributed by atoms with Crippen molar-refractivity contribution in [2.24, 2.45) is 0 Å². The van der Waals surface area contributed by atoms with Crippen LogP contribution in [0.1, 0.15) is 0 Å². The number of hydrogen-bond donors (Lipinski definition) is 0. The van der Waals surface area contributed by atoms with Crippen molar-refractivity contribution in [1.82, 2.24) is 19.1 Å². The SMILES string of the molecule is c1ccc(-c2ccc3cc(-n4c5ccc(-c6ccc7c(c6)c6ccccc6n7-c6nc7c8c(cccc8n6)Oc6ccccc6-7)cc5c5c6ccccc6ccc54)ccc3c2)cc1. The fraction of sp³-hybridized carbons (Fsp3) is 0. The molecule has 13 aromatic rings. The molecule has 292 valence electrons. The second-order valence-electron chi connectivity index (χ2n) is 16.6. The molecule has 1 aliphatic heterocycles. The van der Waals surface area contributed by atoms with Crippen molar-refractivity contribution in [2.75, 3.05) is 0 Å². The lowest BCUT2D eigenvalue weighted by Crippen LogP contribution is -2.06. The molecular formula is C58H34N4O. The minimum Gasteiger partial charge on any atom is -0.456 e. The highest BCUT2D eigenvalue weighted by Crippen LogP contribution is 2.46. The molecule has 14 rings (SSSR count). The van der Waals surface area contributed by atoms with Crippen molar-refractivity contribution in [1.29, 1.82) is 0 Å². The van der Waals surface area contributed by atoms with Crippen molar-refractivity contribution in [3.63, 3.8) is 0 Å². The van der Waals surface area contributed by atoms with Gasteiger partial charge >= 0.3 is 0 Å². The van der Waals surface area contributed by atoms with Crippen LogP contribution in [0.2, 0.25) is 0 Å². The summed E-state index contributed by atoms with van der Waals surface area (Å²) in [7, 11) is 0. The molecule has 63 heavy (non-hydrogen) atoms. The van der Waals surface area contributed by atoms with Crippen molar-refractivity contribution in [3.05, 3.63) is 206 Å². The standard InChI is InChI=1S/C58H34N4O/c1-2-11-35(12-3-1)37-21-22-39-32-42(27-23-38(39)31-37)61-51-29-26-41(34-47(51)55-43-14-5-4-13-36(43)24-30-52(55)61)40-25-28-50-46(33-40)44-15-6-8-18-49(44)62(50)58-59-48-17-10-20-54-56(48)57(60-58)45-16-7-9-19-53(45)63-54/h1-34H. The lowest BCUT2D eigenvalue weighted by molar-refractivity contribution is 0.486. The molecule has 0 amide bonds. The van der Waals surface area contributed by atoms with Crippen LogP contribution in [0.25, 0.3) is 121 Å². The van der Waals surface area contributed by atoms with Crippen molar-refractivity contribution in [2.45, 2.75) is 0 Å². The summed E-state index contributed by atoms with van der Waals surface area (Å²) in [6.45, 7) is 0. The molecular weight excluding hydrogens is 769 g/mol. The van der Waals surface area contributed by atoms with Crippen LogP contribution >= 0.6 is 0 Å². The van der Waals surface area contributed by atoms with Gasteiger partial charge in [-0.25, -0.2) is 9.97 Å². The quantitative estimate of drug-likeness (QED) is 0.178. The van der Waals surface area contributed by atoms with Crippen LogP contribution in [0.15, 0.2) is 206 Å². The zero-order valence-electron chi connectivity index (χ0n) is 33.8. The normalized spacial score (nSPS) is 12.3. The van der Waals surface area contributed by atoms with E-state index in [4.69, 9.17) is 14.7 Å². The minimum atomic E-state index is 0.636. The lowest BCUT2D eigenvalue weighted by Gasteiger charge is -2.20. The summed E-state index contributed by atoms with van der Waals surface area (Å²) in [4.78, 5) is 10.5. The van der Waals surface area contributed by atoms with E-state index in [1.807, 2.05) is 30.3 Å². The lowest BCUT2D eigenvalue weighted by atomic mass is 9.99. The van der Waals surface area contributed by atoms with Gasteiger partial charge in [0.2, 0.25) is 5.95 Å². The molecule has 3 aromatic heterocycles. The van der Waals surface area contributed by atoms with E-state index in [0.717, 1.165) is 72.3 Å². The van der Waals surface area contributed by atoms with Crippen LogP contribution in [-0.4, -0.2) is 19.1 Å². The number of para-hydroxylation sites is 2. The Kier molecular flexibility index (Phi) is 7.05. The first-order valence-corrected chi connectivity index (χ1v) is 21.4. The smallest absolute Gasteiger partial charge is 0.235 e. The van der Waals surface area contributed by atoms with Gasteiger partial charge in [-0.2, -0.15) is 0 Å². The molecule has 0 N–H and O–H groups in total. The largest absolute Gasteiger partial charge is 0.456 e. The van der Waals surface area contributed by atoms with Gasteiger partial charge in [-0.3, -0.25) is 4.57 Å². The highest BCUT2D eigenvalue weighted by atomic mass is 16.5. The summed E-state index contributed by atoms with van der Waals surface area (Å²) in [6.07, 6.45) is 0. The van der Waals surface area contributed by atoms with Gasteiger partial charge in [0.1, 0.15) is 11.5 Å². The third-order valence-electron chi connectivity index (χ3n) is 13.1. The van der Waals surface area contributed by atoms with Crippen LogP contribution in [0.5, 0.6) is 11.5 Å². The minimum absolute atomic E-state index is 0.636. The van der Waals surface area contributed by atoms with E-state index in [1.54, 1.807) is 0 Å². The number of nitrogens with zero attached hydrogens (tertiary/aromatic N) is 4. The fourth-order valence-corrected chi connectivity index (χ4v) is 10.2. The second kappa shape index (κ2) is 13.0. The van der Waals surface area contributed by atoms with Gasteiger partial charge in [-0.1, -0.05) is 127 Å². The van der Waals surface area contributed by atoms with Crippen molar-refractivity contribution >= 4 is 76.1 Å². The number of benzene rings is 10. The van der Waals surface area contributed by atoms with Crippen LogP contribution in [-0.2, 0) is 0 Å². The Labute approximate surface area is 361 Å². The van der Waals surface area contributed by atoms with E-state index in [2.05, 4.69) is 185 Å². The van der Waals surface area contributed by atoms with Crippen LogP contribution in [0.3, 0.4) is 0 Å². The number of rotatable bonds is 4. The predicted octanol–water partition coefficient (Wildman–Crippen LogP) is 15.2. The number of aromatic nitrogens is 4. The zero-order valence-corrected chi connectivity index (χ0v) is 33.8. The maximum Gasteiger partial charge on any atom is 0.235 e. The molecule has 0 spiro atoms. The summed E-state index contributed by atoms with van der Waals surface area (Å²) >= 11 is 0. The van der Waals surface area contributed by atoms with Crippen LogP contribution in [0.4, 0.5) is 0 Å². The second-order valence-corrected chi connectivity index (χ2v) is 16.6. The predicted molar refractivity (Wildman–Crippen MR) is 260 cm³/mol. The van der Waals surface area contributed by atoms with Crippen LogP contribution < -0.4 is 4.74 Å². The van der Waals surface area contributed by atoms with E-state index < -0.39 is 0 Å². The summed E-state index contributed by atoms with van der Waals surface area (Å²) < 4.78 is 11.0. The Morgan fingerprint density at radius 2 is 1.00 bits per heavy atom. The molecule has 0 radical (unpaired) electrons. The maximum absolute atomic E-state index is 6.31. The first-order valence-electron chi connectivity index (χ1n) is 21.4. The summed E-state index contributed by atoms with van der Waals surface area (Å²) in [5.41, 5.74) is 13.1. The van der Waals surface area contributed by atoms with Crippen molar-refractivity contribution in [3.8, 4) is 56.6 Å². The Morgan fingerprint density at radius 1 is 0.349 bits per heavy atom. The molecule has 0 saturated carbocycles. The van der Waals surface area contributed by atoms with Gasteiger partial charge < -0.3 is 9.30 Å². The monoisotopic (exact) mass is 802 g/mol. The van der Waals surface area contributed by atoms with E-state index in [-0.39, 0.29) is 0 Å². The van der Waals surface area contributed by atoms with Crippen molar-refractivity contribution < 1.29 is 4.74 Å². The van der Waals surface area contributed by atoms with Gasteiger partial charge in [-0.15, -0.1) is 0 Å². The van der Waals surface area contributed by atoms with Gasteiger partial charge in [0, 0.05) is 32.8 Å². The molecule has 0 saturated heterocycles. The van der Waals surface area contributed by atoms with E-state index in [9.17, 15) is 0 Å². The van der Waals surface area contributed by atoms with Gasteiger partial charge in [0.15, 0.2) is 0 Å². The Balaban J connectivity index is 0.946. The van der Waals surface area contributed by atoms with E-state index in [0.29, 0.717) is 5.95 Å². The summed E-state index contributed by atoms with van der Waals surface area (Å²) in [5.74, 6) is 2.22. The number of ether oxygens (including phenoxy) is 1. The number of hydrogen-bond acceptors (Lipinski definition) is 3. The third kappa shape index (κ3) is 5.05. The summed E-state index contributed by atoms with van der Waals surface area (Å²) in [5, 5.41) is 10.6. The van der Waals surface area contributed by atoms with Crippen LogP contribution in [0, 0.1) is 0 Å². The molecule has 5 nitrogen and oxygen atoms in total. The molecule has 4 heterocycles. The highest BCUT2D eigenvalue weighted by molar-refractivity contribution is 6.22. The van der Waals surface area contributed by atoms with Gasteiger partial charge in [-0.05, 0) is 123 Å². The molecule has 0 bridgehead atoms. The number of fused-ring (bicyclic) bond motifs is 11. The molecule has 0 unspecified atom stereocenters. The molecule has 0 atom stereocenters. The highest BCUT2D eigenvalue weighted by Gasteiger charge is 2.25. The molecule has 0 aliphatic carbocycles. The average Bonchev–Trinajstić information content (AvgIpc) is 3.86. The Morgan fingerprint density at radius 3 is 1.90 bits per heavy atom. The van der Waals surface area contributed by atoms with E-state index >= 15 is 0 Å². The topological polar surface area (TPSA) is 44.9 Å². The maximum atomic E-state index is 6.31. The fourth-order valence-electron chi connectivity index (χ4n) is 10.2. The third-order valence-corrected chi connectivity index (χ3v) is 13.1. The van der Waals surface area contributed by atoms with Gasteiger partial charge in [0.25, 0.3) is 0 Å². The Hall–Kier alpha value is -8.54. The first-order chi connectivity index (χ1) is 31.2. The van der Waals surface area contributed by atoms with Gasteiger partial charge in [0.05, 0.1) is 38.7 Å². The Bertz CT molecular complexity index is 4070. The molecule has 10 aromatic carbocycles. The van der Waals surface area contributed by atoms with E-state index in [1.165, 1.54) is 54.5 Å². The average molecular weight is 803 g/mol. The zero-order chi connectivity index (χ0) is 41.2. The molecule has 5 heteroatoms.